The molecule has 3 unspecified atom stereocenters. The summed E-state index contributed by atoms with van der Waals surface area (Å²) in [6.07, 6.45) is 10.7. The Kier molecular flexibility index (Phi) is 8.86. The van der Waals surface area contributed by atoms with Gasteiger partial charge in [-0.1, -0.05) is 18.2 Å². The summed E-state index contributed by atoms with van der Waals surface area (Å²) in [4.78, 5) is 26.3. The molecule has 0 radical (unpaired) electrons. The van der Waals surface area contributed by atoms with Gasteiger partial charge in [-0.2, -0.15) is 0 Å². The van der Waals surface area contributed by atoms with E-state index in [4.69, 9.17) is 25.4 Å². The highest BCUT2D eigenvalue weighted by atomic mass is 16.6. The lowest BCUT2D eigenvalue weighted by molar-refractivity contribution is -0.159. The number of esters is 1. The number of rotatable bonds is 9. The summed E-state index contributed by atoms with van der Waals surface area (Å²) in [6.45, 7) is 2.92. The average molecular weight is 607 g/mol. The van der Waals surface area contributed by atoms with Crippen molar-refractivity contribution in [3.8, 4) is 11.5 Å². The molecule has 0 saturated carbocycles. The Hall–Kier alpha value is -4.52. The first kappa shape index (κ1) is 30.9. The minimum atomic E-state index is -1.12. The van der Waals surface area contributed by atoms with E-state index in [-0.39, 0.29) is 52.6 Å². The van der Waals surface area contributed by atoms with E-state index in [9.17, 15) is 24.9 Å². The van der Waals surface area contributed by atoms with Crippen LogP contribution in [0.15, 0.2) is 74.4 Å². The second kappa shape index (κ2) is 12.6. The highest BCUT2D eigenvalue weighted by Gasteiger charge is 2.46. The summed E-state index contributed by atoms with van der Waals surface area (Å²) >= 11 is 0. The van der Waals surface area contributed by atoms with Crippen LogP contribution in [0.1, 0.15) is 43.6 Å². The molecule has 0 bridgehead atoms. The Labute approximate surface area is 254 Å². The van der Waals surface area contributed by atoms with Crippen LogP contribution in [0.5, 0.6) is 11.5 Å². The quantitative estimate of drug-likeness (QED) is 0.160. The molecule has 0 saturated heterocycles. The third kappa shape index (κ3) is 6.09. The number of aromatic hydroxyl groups is 1. The molecule has 0 aliphatic carbocycles. The van der Waals surface area contributed by atoms with Crippen molar-refractivity contribution in [1.29, 1.82) is 0 Å². The van der Waals surface area contributed by atoms with Crippen LogP contribution >= 0.6 is 0 Å². The number of phenolic OH excluding ortho intramolecular Hbond substituents is 1. The number of aliphatic hydroxyl groups excluding tert-OH is 2. The maximum atomic E-state index is 13.2. The summed E-state index contributed by atoms with van der Waals surface area (Å²) in [5.74, 6) is -0.251. The first-order valence-electron chi connectivity index (χ1n) is 14.5. The number of carbonyl (C=O) groups is 1. The highest BCUT2D eigenvalue weighted by Crippen LogP contribution is 2.48. The van der Waals surface area contributed by atoms with Gasteiger partial charge in [0.2, 0.25) is 0 Å². The van der Waals surface area contributed by atoms with Gasteiger partial charge >= 0.3 is 5.97 Å². The molecule has 4 heterocycles. The number of ether oxygens (including phenoxy) is 2. The number of carbonyl (C=O) groups excluding carboxylic acids is 1. The maximum absolute atomic E-state index is 13.2. The number of benzene rings is 1. The number of nitrogens with two attached hydrogens (primary N) is 2. The summed E-state index contributed by atoms with van der Waals surface area (Å²) in [5, 5.41) is 37.0. The molecule has 5 rings (SSSR count). The fourth-order valence-corrected chi connectivity index (χ4v) is 5.65. The molecule has 1 aromatic heterocycles. The van der Waals surface area contributed by atoms with E-state index in [2.05, 4.69) is 10.6 Å². The fraction of sp³-hybridized carbons (Fsp3) is 0.375. The van der Waals surface area contributed by atoms with Crippen LogP contribution in [-0.4, -0.2) is 52.3 Å². The predicted octanol–water partition coefficient (Wildman–Crippen LogP) is 1.52. The van der Waals surface area contributed by atoms with E-state index in [0.29, 0.717) is 36.5 Å². The van der Waals surface area contributed by atoms with Crippen molar-refractivity contribution >= 4 is 16.9 Å². The Balaban J connectivity index is 1.66. The molecule has 0 amide bonds. The zero-order valence-electron chi connectivity index (χ0n) is 24.7. The minimum Gasteiger partial charge on any atom is -0.507 e. The smallest absolute Gasteiger partial charge is 0.336 e. The van der Waals surface area contributed by atoms with Crippen molar-refractivity contribution in [2.45, 2.75) is 64.0 Å². The van der Waals surface area contributed by atoms with Crippen molar-refractivity contribution in [3.63, 3.8) is 0 Å². The van der Waals surface area contributed by atoms with Gasteiger partial charge in [-0.25, -0.2) is 4.79 Å². The van der Waals surface area contributed by atoms with Gasteiger partial charge < -0.3 is 51.3 Å². The number of hydrogen-bond donors (Lipinski definition) is 7. The minimum absolute atomic E-state index is 0.0204. The largest absolute Gasteiger partial charge is 0.507 e. The standard InChI is InChI=1S/C32H38N4O8/c1-3-19(15-37)31(41)43-24-13-21-28(40)27-23(39)12-20(16-38)42-30(27)22(10-18-7-9-35-26(34)11-18)29(21)44-32(24,2)8-6-17-4-5-25(33)36-14-17/h3-5,7,11-12,14,24-25,35-38,40H,6,8-10,13,15-16,33-34H2,1-2H3. The summed E-state index contributed by atoms with van der Waals surface area (Å²) < 4.78 is 18.7. The summed E-state index contributed by atoms with van der Waals surface area (Å²) in [5.41, 5.74) is 13.0. The predicted molar refractivity (Wildman–Crippen MR) is 163 cm³/mol. The second-order valence-corrected chi connectivity index (χ2v) is 11.3. The molecule has 44 heavy (non-hydrogen) atoms. The number of nitrogens with one attached hydrogen (secondary N) is 2. The lowest BCUT2D eigenvalue weighted by Crippen LogP contribution is -2.51. The average Bonchev–Trinajstić information content (AvgIpc) is 3.00. The van der Waals surface area contributed by atoms with Gasteiger partial charge in [0.05, 0.1) is 24.2 Å². The van der Waals surface area contributed by atoms with E-state index < -0.39 is 36.3 Å². The maximum Gasteiger partial charge on any atom is 0.336 e. The molecule has 1 aromatic carbocycles. The summed E-state index contributed by atoms with van der Waals surface area (Å²) in [7, 11) is 0. The second-order valence-electron chi connectivity index (χ2n) is 11.3. The molecule has 2 aromatic rings. The van der Waals surface area contributed by atoms with Crippen LogP contribution in [-0.2, 0) is 29.0 Å². The van der Waals surface area contributed by atoms with Crippen LogP contribution in [0.2, 0.25) is 0 Å². The van der Waals surface area contributed by atoms with Crippen molar-refractivity contribution in [1.82, 2.24) is 10.6 Å². The zero-order chi connectivity index (χ0) is 31.6. The van der Waals surface area contributed by atoms with Gasteiger partial charge in [-0.15, -0.1) is 0 Å². The SMILES string of the molecule is CC=C(CO)C(=O)OC1Cc2c(c(CC3=CCNC(N)=C3)c3oc(CO)cc(=O)c3c2O)OC1(C)CCC1=CNC(N)C=C1. The van der Waals surface area contributed by atoms with Gasteiger partial charge in [-0.3, -0.25) is 4.79 Å². The van der Waals surface area contributed by atoms with Crippen LogP contribution in [0.3, 0.4) is 0 Å². The van der Waals surface area contributed by atoms with E-state index in [1.807, 2.05) is 31.4 Å². The number of hydrogen-bond acceptors (Lipinski definition) is 12. The monoisotopic (exact) mass is 606 g/mol. The van der Waals surface area contributed by atoms with E-state index >= 15 is 0 Å². The normalized spacial score (nSPS) is 23.0. The van der Waals surface area contributed by atoms with Crippen molar-refractivity contribution in [3.05, 3.63) is 92.3 Å². The first-order valence-corrected chi connectivity index (χ1v) is 14.5. The molecule has 3 aliphatic rings. The first-order chi connectivity index (χ1) is 21.1. The number of dihydropyridines is 2. The van der Waals surface area contributed by atoms with Crippen molar-refractivity contribution < 1.29 is 34.0 Å². The molecule has 12 nitrogen and oxygen atoms in total. The van der Waals surface area contributed by atoms with Crippen LogP contribution < -0.4 is 32.3 Å². The zero-order valence-corrected chi connectivity index (χ0v) is 24.7. The third-order valence-corrected chi connectivity index (χ3v) is 8.22. The fourth-order valence-electron chi connectivity index (χ4n) is 5.65. The van der Waals surface area contributed by atoms with Gasteiger partial charge in [0.15, 0.2) is 5.43 Å². The third-order valence-electron chi connectivity index (χ3n) is 8.22. The molecule has 12 heteroatoms. The van der Waals surface area contributed by atoms with Gasteiger partial charge in [0.25, 0.3) is 0 Å². The number of allylic oxidation sites excluding steroid dienone is 5. The number of phenols is 1. The summed E-state index contributed by atoms with van der Waals surface area (Å²) in [6, 6.07) is 1.14. The molecule has 0 spiro atoms. The van der Waals surface area contributed by atoms with Gasteiger partial charge in [0.1, 0.15) is 46.5 Å². The highest BCUT2D eigenvalue weighted by molar-refractivity contribution is 5.91. The molecule has 3 atom stereocenters. The molecular formula is C32H38N4O8. The number of aliphatic hydroxyl groups is 2. The Morgan fingerprint density at radius 1 is 1.30 bits per heavy atom. The topological polar surface area (TPSA) is 203 Å². The number of fused-ring (bicyclic) bond motifs is 2. The van der Waals surface area contributed by atoms with Crippen LogP contribution in [0.25, 0.3) is 11.0 Å². The van der Waals surface area contributed by atoms with E-state index in [1.54, 1.807) is 13.0 Å². The molecular weight excluding hydrogens is 568 g/mol. The van der Waals surface area contributed by atoms with Crippen molar-refractivity contribution in [2.75, 3.05) is 13.2 Å². The van der Waals surface area contributed by atoms with Crippen LogP contribution in [0, 0.1) is 0 Å². The Bertz CT molecular complexity index is 1690. The van der Waals surface area contributed by atoms with Crippen LogP contribution in [0.4, 0.5) is 0 Å². The Morgan fingerprint density at radius 2 is 2.09 bits per heavy atom. The lowest BCUT2D eigenvalue weighted by atomic mass is 9.82. The lowest BCUT2D eigenvalue weighted by Gasteiger charge is -2.43. The molecule has 0 fully saturated rings. The van der Waals surface area contributed by atoms with Crippen molar-refractivity contribution in [2.24, 2.45) is 11.5 Å². The molecule has 234 valence electrons. The Morgan fingerprint density at radius 3 is 2.75 bits per heavy atom. The van der Waals surface area contributed by atoms with E-state index in [0.717, 1.165) is 17.2 Å². The molecule has 9 N–H and O–H groups in total. The van der Waals surface area contributed by atoms with Gasteiger partial charge in [0, 0.05) is 42.8 Å². The van der Waals surface area contributed by atoms with E-state index in [1.165, 1.54) is 6.08 Å². The van der Waals surface area contributed by atoms with Gasteiger partial charge in [-0.05, 0) is 50.0 Å². The molecule has 3 aliphatic heterocycles.